The van der Waals surface area contributed by atoms with Gasteiger partial charge in [-0.25, -0.2) is 18.4 Å². The maximum Gasteiger partial charge on any atom is 0.410 e. The van der Waals surface area contributed by atoms with E-state index in [1.165, 1.54) is 88.5 Å². The first kappa shape index (κ1) is 57.5. The maximum atomic E-state index is 13.2. The summed E-state index contributed by atoms with van der Waals surface area (Å²) in [6.45, 7) is 15.4. The van der Waals surface area contributed by atoms with E-state index in [9.17, 15) is 28.0 Å². The van der Waals surface area contributed by atoms with Gasteiger partial charge < -0.3 is 25.0 Å². The predicted octanol–water partition coefficient (Wildman–Crippen LogP) is 11.4. The van der Waals surface area contributed by atoms with Gasteiger partial charge in [0, 0.05) is 45.2 Å². The van der Waals surface area contributed by atoms with Crippen LogP contribution >= 0.6 is 35.6 Å². The molecule has 0 spiro atoms. The number of benzene rings is 2. The second-order valence-electron chi connectivity index (χ2n) is 22.2. The van der Waals surface area contributed by atoms with Gasteiger partial charge in [-0.15, -0.1) is 35.6 Å². The van der Waals surface area contributed by atoms with Crippen LogP contribution in [0.25, 0.3) is 0 Å². The van der Waals surface area contributed by atoms with Gasteiger partial charge >= 0.3 is 12.2 Å². The summed E-state index contributed by atoms with van der Waals surface area (Å²) in [6, 6.07) is 12.0. The molecule has 4 aliphatic heterocycles. The number of alkyl halides is 2. The Bertz CT molecular complexity index is 1860. The lowest BCUT2D eigenvalue weighted by molar-refractivity contribution is -0.139. The standard InChI is InChI=1S/C27H39FN2O3.C26H38FN3O3.CH2Cl2.ClH/c1-20(17-21-9-11-23(28)12-10-21)24(31)29-15-13-27(14-16-29,22-7-5-4-6-8-22)18-30-25(32)33-19-26(30,2)3;1-25(2)18-33-24(32)30(25)17-26(20-6-4-3-5-7-20)12-14-29(15-13-26)23(31)22(28)16-19-8-10-21(27)11-9-19;2-1-3;/h9-12,20,22H,4-8,13-19H2,1-3H3;8-11,20,22H,3-7,12-18,28H2,1-2H3;1H2;1H/t20-;22-;;/m11../s1. The van der Waals surface area contributed by atoms with E-state index in [0.717, 1.165) is 56.4 Å². The highest BCUT2D eigenvalue weighted by molar-refractivity contribution is 6.40. The summed E-state index contributed by atoms with van der Waals surface area (Å²) in [4.78, 5) is 59.2. The highest BCUT2D eigenvalue weighted by Gasteiger charge is 2.51. The molecule has 2 saturated carbocycles. The molecule has 2 N–H and O–H groups in total. The molecule has 0 radical (unpaired) electrons. The Hall–Kier alpha value is -3.39. The van der Waals surface area contributed by atoms with Crippen molar-refractivity contribution in [3.05, 3.63) is 71.3 Å². The van der Waals surface area contributed by atoms with Crippen molar-refractivity contribution in [1.29, 1.82) is 0 Å². The summed E-state index contributed by atoms with van der Waals surface area (Å²) >= 11 is 9.53. The number of piperidine rings is 2. The smallest absolute Gasteiger partial charge is 0.410 e. The zero-order chi connectivity index (χ0) is 50.0. The summed E-state index contributed by atoms with van der Waals surface area (Å²) in [7, 11) is 0. The Morgan fingerprint density at radius 3 is 1.31 bits per heavy atom. The average Bonchev–Trinajstić information content (AvgIpc) is 3.76. The van der Waals surface area contributed by atoms with Crippen LogP contribution in [0.2, 0.25) is 0 Å². The van der Waals surface area contributed by atoms with Crippen molar-refractivity contribution in [2.75, 3.05) is 57.8 Å². The molecule has 4 heterocycles. The number of nitrogens with zero attached hydrogens (tertiary/aromatic N) is 4. The number of nitrogens with two attached hydrogens (primary N) is 1. The highest BCUT2D eigenvalue weighted by atomic mass is 35.5. The fourth-order valence-corrected chi connectivity index (χ4v) is 12.2. The third kappa shape index (κ3) is 14.4. The van der Waals surface area contributed by atoms with Crippen LogP contribution in [0.4, 0.5) is 18.4 Å². The molecule has 2 aromatic rings. The molecule has 11 nitrogen and oxygen atoms in total. The summed E-state index contributed by atoms with van der Waals surface area (Å²) in [5, 5.41) is 0.194. The molecule has 8 rings (SSSR count). The lowest BCUT2D eigenvalue weighted by Gasteiger charge is -2.50. The Morgan fingerprint density at radius 2 is 0.971 bits per heavy atom. The van der Waals surface area contributed by atoms with Crippen molar-refractivity contribution in [3.63, 3.8) is 0 Å². The number of amides is 4. The highest BCUT2D eigenvalue weighted by Crippen LogP contribution is 2.49. The minimum atomic E-state index is -0.634. The van der Waals surface area contributed by atoms with Gasteiger partial charge in [0.05, 0.1) is 22.5 Å². The number of likely N-dealkylation sites (tertiary alicyclic amines) is 2. The Labute approximate surface area is 432 Å². The molecule has 4 saturated heterocycles. The number of hydrogen-bond acceptors (Lipinski definition) is 7. The third-order valence-corrected chi connectivity index (χ3v) is 16.6. The molecule has 4 amide bonds. The van der Waals surface area contributed by atoms with Gasteiger partial charge in [-0.3, -0.25) is 19.4 Å². The number of ether oxygens (including phenoxy) is 2. The normalized spacial score (nSPS) is 22.8. The molecule has 0 aromatic heterocycles. The van der Waals surface area contributed by atoms with Crippen molar-refractivity contribution >= 4 is 59.6 Å². The van der Waals surface area contributed by atoms with Crippen LogP contribution in [-0.4, -0.2) is 119 Å². The van der Waals surface area contributed by atoms with Crippen LogP contribution < -0.4 is 5.73 Å². The molecule has 6 fully saturated rings. The molecule has 2 aromatic carbocycles. The fourth-order valence-electron chi connectivity index (χ4n) is 12.2. The summed E-state index contributed by atoms with van der Waals surface area (Å²) < 4.78 is 37.2. The summed E-state index contributed by atoms with van der Waals surface area (Å²) in [5.41, 5.74) is 7.59. The summed E-state index contributed by atoms with van der Waals surface area (Å²) in [6.07, 6.45) is 16.7. The topological polar surface area (TPSA) is 126 Å². The minimum Gasteiger partial charge on any atom is -0.447 e. The van der Waals surface area contributed by atoms with Crippen LogP contribution in [-0.2, 0) is 31.9 Å². The van der Waals surface area contributed by atoms with Crippen molar-refractivity contribution in [3.8, 4) is 0 Å². The first-order chi connectivity index (χ1) is 32.8. The van der Waals surface area contributed by atoms with Crippen LogP contribution in [0.5, 0.6) is 0 Å². The largest absolute Gasteiger partial charge is 0.447 e. The van der Waals surface area contributed by atoms with E-state index >= 15 is 0 Å². The van der Waals surface area contributed by atoms with Gasteiger partial charge in [0.25, 0.3) is 0 Å². The molecule has 0 bridgehead atoms. The number of carbonyl (C=O) groups excluding carboxylic acids is 4. The van der Waals surface area contributed by atoms with E-state index in [2.05, 4.69) is 27.7 Å². The fraction of sp³-hybridized carbons (Fsp3) is 0.704. The second kappa shape index (κ2) is 25.5. The number of carbonyl (C=O) groups is 4. The van der Waals surface area contributed by atoms with Crippen LogP contribution in [0.1, 0.15) is 136 Å². The first-order valence-electron chi connectivity index (χ1n) is 25.6. The van der Waals surface area contributed by atoms with Crippen molar-refractivity contribution in [2.24, 2.45) is 34.3 Å². The van der Waals surface area contributed by atoms with E-state index in [-0.39, 0.29) is 81.2 Å². The SMILES string of the molecule is CC1(C)COC(=O)N1CC1(C2CCCCC2)CCN(C(=O)[C@H](N)Cc2ccc(F)cc2)CC1.C[C@H](Cc1ccc(F)cc1)C(=O)N1CCC(CN2C(=O)OCC2(C)C)(C2CCCCC2)CC1.Cl.ClCCl. The second-order valence-corrected chi connectivity index (χ2v) is 23.0. The third-order valence-electron chi connectivity index (χ3n) is 16.6. The number of rotatable bonds is 12. The zero-order valence-corrected chi connectivity index (χ0v) is 44.7. The van der Waals surface area contributed by atoms with Gasteiger partial charge in [-0.2, -0.15) is 0 Å². The van der Waals surface area contributed by atoms with Gasteiger partial charge in [0.2, 0.25) is 11.8 Å². The van der Waals surface area contributed by atoms with Gasteiger partial charge in [-0.05, 0) is 150 Å². The lowest BCUT2D eigenvalue weighted by atomic mass is 9.63. The van der Waals surface area contributed by atoms with E-state index in [1.807, 2.05) is 26.5 Å². The van der Waals surface area contributed by atoms with Crippen LogP contribution in [0.3, 0.4) is 0 Å². The van der Waals surface area contributed by atoms with Gasteiger partial charge in [0.1, 0.15) is 24.8 Å². The van der Waals surface area contributed by atoms with Crippen LogP contribution in [0, 0.1) is 40.2 Å². The lowest BCUT2D eigenvalue weighted by Crippen LogP contribution is -2.56. The summed E-state index contributed by atoms with van der Waals surface area (Å²) in [5.74, 6) is 0.627. The minimum absolute atomic E-state index is 0. The average molecular weight is 1040 g/mol. The number of cyclic esters (lactones) is 2. The molecular formula is C54H80Cl3F2N5O6. The molecule has 392 valence electrons. The Kier molecular flexibility index (Phi) is 21.0. The quantitative estimate of drug-likeness (QED) is 0.210. The maximum absolute atomic E-state index is 13.2. The number of halogens is 5. The molecule has 70 heavy (non-hydrogen) atoms. The van der Waals surface area contributed by atoms with E-state index in [1.54, 1.807) is 24.3 Å². The predicted molar refractivity (Wildman–Crippen MR) is 275 cm³/mol. The van der Waals surface area contributed by atoms with Gasteiger partial charge in [-0.1, -0.05) is 69.7 Å². The Morgan fingerprint density at radius 1 is 0.629 bits per heavy atom. The molecule has 2 aliphatic carbocycles. The zero-order valence-electron chi connectivity index (χ0n) is 42.3. The number of hydrogen-bond donors (Lipinski definition) is 1. The Balaban J connectivity index is 0.000000244. The van der Waals surface area contributed by atoms with Crippen molar-refractivity contribution < 1.29 is 37.4 Å². The van der Waals surface area contributed by atoms with Crippen molar-refractivity contribution in [2.45, 2.75) is 154 Å². The van der Waals surface area contributed by atoms with Crippen LogP contribution in [0.15, 0.2) is 48.5 Å². The van der Waals surface area contributed by atoms with Gasteiger partial charge in [0.15, 0.2) is 0 Å². The van der Waals surface area contributed by atoms with E-state index in [4.69, 9.17) is 38.4 Å². The van der Waals surface area contributed by atoms with Crippen molar-refractivity contribution in [1.82, 2.24) is 19.6 Å². The molecular weight excluding hydrogens is 959 g/mol. The molecule has 16 heteroatoms. The van der Waals surface area contributed by atoms with E-state index < -0.39 is 6.04 Å². The molecule has 6 aliphatic rings. The van der Waals surface area contributed by atoms with E-state index in [0.29, 0.717) is 57.5 Å². The monoisotopic (exact) mass is 1040 g/mol. The molecule has 0 unspecified atom stereocenters. The molecule has 2 atom stereocenters. The first-order valence-corrected chi connectivity index (χ1v) is 26.7.